The van der Waals surface area contributed by atoms with E-state index in [-0.39, 0.29) is 5.91 Å². The van der Waals surface area contributed by atoms with Crippen molar-refractivity contribution in [3.05, 3.63) is 33.8 Å². The summed E-state index contributed by atoms with van der Waals surface area (Å²) in [6.45, 7) is 2.96. The zero-order valence-electron chi connectivity index (χ0n) is 12.1. The molecule has 20 heavy (non-hydrogen) atoms. The lowest BCUT2D eigenvalue weighted by Gasteiger charge is -2.44. The number of hydrogen-bond acceptors (Lipinski definition) is 1. The lowest BCUT2D eigenvalue weighted by atomic mass is 9.78. The number of piperidine rings is 1. The van der Waals surface area contributed by atoms with E-state index < -0.39 is 0 Å². The first-order valence-corrected chi connectivity index (χ1v) is 8.54. The maximum atomic E-state index is 12.9. The average Bonchev–Trinajstić information content (AvgIpc) is 2.49. The lowest BCUT2D eigenvalue weighted by Crippen LogP contribution is -2.49. The van der Waals surface area contributed by atoms with Crippen molar-refractivity contribution in [2.75, 3.05) is 6.54 Å². The number of halogens is 1. The fourth-order valence-corrected chi connectivity index (χ4v) is 4.24. The molecule has 0 N–H and O–H groups in total. The molecule has 0 radical (unpaired) electrons. The van der Waals surface area contributed by atoms with E-state index >= 15 is 0 Å². The molecule has 1 aromatic rings. The van der Waals surface area contributed by atoms with Crippen LogP contribution >= 0.6 is 15.9 Å². The van der Waals surface area contributed by atoms with Crippen molar-refractivity contribution in [1.82, 2.24) is 4.90 Å². The molecule has 0 unspecified atom stereocenters. The van der Waals surface area contributed by atoms with Gasteiger partial charge in [0, 0.05) is 22.6 Å². The van der Waals surface area contributed by atoms with E-state index in [1.807, 2.05) is 25.1 Å². The van der Waals surface area contributed by atoms with Gasteiger partial charge >= 0.3 is 0 Å². The Hall–Kier alpha value is -0.830. The molecular formula is C17H22BrNO. The molecule has 1 saturated carbocycles. The first-order valence-electron chi connectivity index (χ1n) is 7.74. The Morgan fingerprint density at radius 1 is 1.20 bits per heavy atom. The van der Waals surface area contributed by atoms with Gasteiger partial charge in [0.05, 0.1) is 0 Å². The van der Waals surface area contributed by atoms with Gasteiger partial charge in [0.1, 0.15) is 0 Å². The van der Waals surface area contributed by atoms with E-state index in [0.29, 0.717) is 6.04 Å². The minimum atomic E-state index is 0.236. The normalized spacial score (nSPS) is 26.2. The number of hydrogen-bond donors (Lipinski definition) is 0. The maximum Gasteiger partial charge on any atom is 0.254 e. The molecule has 0 bridgehead atoms. The van der Waals surface area contributed by atoms with Crippen LogP contribution in [0.15, 0.2) is 22.7 Å². The van der Waals surface area contributed by atoms with Gasteiger partial charge in [-0.1, -0.05) is 34.8 Å². The topological polar surface area (TPSA) is 20.3 Å². The van der Waals surface area contributed by atoms with Gasteiger partial charge in [-0.2, -0.15) is 0 Å². The molecule has 1 aliphatic carbocycles. The van der Waals surface area contributed by atoms with E-state index in [1.165, 1.54) is 38.5 Å². The molecule has 3 rings (SSSR count). The molecule has 2 fully saturated rings. The second-order valence-corrected chi connectivity index (χ2v) is 7.02. The molecule has 2 atom stereocenters. The summed E-state index contributed by atoms with van der Waals surface area (Å²) >= 11 is 3.54. The number of fused-ring (bicyclic) bond motifs is 1. The fraction of sp³-hybridized carbons (Fsp3) is 0.588. The predicted octanol–water partition coefficient (Wildman–Crippen LogP) is 4.55. The Morgan fingerprint density at radius 3 is 2.80 bits per heavy atom. The number of likely N-dealkylation sites (tertiary alicyclic amines) is 1. The average molecular weight is 336 g/mol. The largest absolute Gasteiger partial charge is 0.335 e. The van der Waals surface area contributed by atoms with Gasteiger partial charge < -0.3 is 4.90 Å². The molecule has 3 heteroatoms. The summed E-state index contributed by atoms with van der Waals surface area (Å²) in [6.07, 6.45) is 7.61. The third kappa shape index (κ3) is 2.52. The summed E-state index contributed by atoms with van der Waals surface area (Å²) in [4.78, 5) is 15.1. The van der Waals surface area contributed by atoms with Crippen molar-refractivity contribution < 1.29 is 4.79 Å². The molecule has 1 aliphatic heterocycles. The minimum absolute atomic E-state index is 0.236. The van der Waals surface area contributed by atoms with Crippen LogP contribution in [0.2, 0.25) is 0 Å². The van der Waals surface area contributed by atoms with E-state index in [1.54, 1.807) is 0 Å². The van der Waals surface area contributed by atoms with E-state index in [4.69, 9.17) is 0 Å². The maximum absolute atomic E-state index is 12.9. The van der Waals surface area contributed by atoms with Gasteiger partial charge in [-0.15, -0.1) is 0 Å². The summed E-state index contributed by atoms with van der Waals surface area (Å²) in [5.74, 6) is 0.981. The van der Waals surface area contributed by atoms with E-state index in [2.05, 4.69) is 20.8 Å². The first kappa shape index (κ1) is 14.1. The van der Waals surface area contributed by atoms with Crippen molar-refractivity contribution in [2.24, 2.45) is 5.92 Å². The first-order chi connectivity index (χ1) is 9.68. The van der Waals surface area contributed by atoms with Crippen LogP contribution in [0.5, 0.6) is 0 Å². The molecular weight excluding hydrogens is 314 g/mol. The molecule has 0 spiro atoms. The standard InChI is InChI=1S/C17H22BrNO/c1-12-14(8-4-9-15(12)18)17(20)19-11-5-7-13-6-2-3-10-16(13)19/h4,8-9,13,16H,2-3,5-7,10-11H2,1H3/t13-,16-/m1/s1. The highest BCUT2D eigenvalue weighted by Gasteiger charge is 2.36. The third-order valence-corrected chi connectivity index (χ3v) is 5.86. The quantitative estimate of drug-likeness (QED) is 0.737. The molecule has 1 aromatic carbocycles. The van der Waals surface area contributed by atoms with Crippen molar-refractivity contribution >= 4 is 21.8 Å². The molecule has 1 amide bonds. The van der Waals surface area contributed by atoms with Gasteiger partial charge in [0.2, 0.25) is 0 Å². The predicted molar refractivity (Wildman–Crippen MR) is 84.9 cm³/mol. The SMILES string of the molecule is Cc1c(Br)cccc1C(=O)N1CCC[C@H]2CCCC[C@H]21. The third-order valence-electron chi connectivity index (χ3n) is 5.00. The van der Waals surface area contributed by atoms with Gasteiger partial charge in [0.15, 0.2) is 0 Å². The van der Waals surface area contributed by atoms with Gasteiger partial charge in [0.25, 0.3) is 5.91 Å². The fourth-order valence-electron chi connectivity index (χ4n) is 3.87. The van der Waals surface area contributed by atoms with Crippen molar-refractivity contribution in [3.8, 4) is 0 Å². The highest BCUT2D eigenvalue weighted by molar-refractivity contribution is 9.10. The number of amides is 1. The van der Waals surface area contributed by atoms with Crippen molar-refractivity contribution in [2.45, 2.75) is 51.5 Å². The Labute approximate surface area is 129 Å². The van der Waals surface area contributed by atoms with Crippen LogP contribution in [0.4, 0.5) is 0 Å². The number of carbonyl (C=O) groups is 1. The van der Waals surface area contributed by atoms with Crippen LogP contribution in [0.25, 0.3) is 0 Å². The van der Waals surface area contributed by atoms with Crippen LogP contribution in [0, 0.1) is 12.8 Å². The monoisotopic (exact) mass is 335 g/mol. The summed E-state index contributed by atoms with van der Waals surface area (Å²) in [5, 5.41) is 0. The summed E-state index contributed by atoms with van der Waals surface area (Å²) in [7, 11) is 0. The Bertz CT molecular complexity index is 512. The van der Waals surface area contributed by atoms with Crippen LogP contribution in [0.3, 0.4) is 0 Å². The molecule has 1 heterocycles. The second kappa shape index (κ2) is 5.88. The zero-order valence-corrected chi connectivity index (χ0v) is 13.7. The van der Waals surface area contributed by atoms with E-state index in [0.717, 1.165) is 28.1 Å². The zero-order chi connectivity index (χ0) is 14.1. The van der Waals surface area contributed by atoms with Gasteiger partial charge in [-0.25, -0.2) is 0 Å². The Morgan fingerprint density at radius 2 is 1.95 bits per heavy atom. The highest BCUT2D eigenvalue weighted by Crippen LogP contribution is 2.36. The number of benzene rings is 1. The summed E-state index contributed by atoms with van der Waals surface area (Å²) in [6, 6.07) is 6.43. The number of carbonyl (C=O) groups excluding carboxylic acids is 1. The van der Waals surface area contributed by atoms with Crippen LogP contribution < -0.4 is 0 Å². The van der Waals surface area contributed by atoms with Crippen LogP contribution in [0.1, 0.15) is 54.4 Å². The Kier molecular flexibility index (Phi) is 4.16. The molecule has 1 saturated heterocycles. The number of nitrogens with zero attached hydrogens (tertiary/aromatic N) is 1. The van der Waals surface area contributed by atoms with Gasteiger partial charge in [-0.3, -0.25) is 4.79 Å². The Balaban J connectivity index is 1.87. The van der Waals surface area contributed by atoms with Crippen LogP contribution in [-0.2, 0) is 0 Å². The second-order valence-electron chi connectivity index (χ2n) is 6.17. The van der Waals surface area contributed by atoms with Crippen LogP contribution in [-0.4, -0.2) is 23.4 Å². The number of rotatable bonds is 1. The molecule has 108 valence electrons. The molecule has 2 nitrogen and oxygen atoms in total. The molecule has 2 aliphatic rings. The van der Waals surface area contributed by atoms with Gasteiger partial charge in [-0.05, 0) is 56.2 Å². The van der Waals surface area contributed by atoms with E-state index in [9.17, 15) is 4.79 Å². The minimum Gasteiger partial charge on any atom is -0.335 e. The lowest BCUT2D eigenvalue weighted by molar-refractivity contribution is 0.0390. The van der Waals surface area contributed by atoms with Crippen molar-refractivity contribution in [3.63, 3.8) is 0 Å². The highest BCUT2D eigenvalue weighted by atomic mass is 79.9. The molecule has 0 aromatic heterocycles. The van der Waals surface area contributed by atoms with Crippen molar-refractivity contribution in [1.29, 1.82) is 0 Å². The summed E-state index contributed by atoms with van der Waals surface area (Å²) in [5.41, 5.74) is 1.93. The smallest absolute Gasteiger partial charge is 0.254 e. The summed E-state index contributed by atoms with van der Waals surface area (Å²) < 4.78 is 1.03.